The van der Waals surface area contributed by atoms with Crippen molar-refractivity contribution in [1.29, 1.82) is 0 Å². The van der Waals surface area contributed by atoms with Gasteiger partial charge in [-0.1, -0.05) is 6.08 Å². The second-order valence-electron chi connectivity index (χ2n) is 2.62. The van der Waals surface area contributed by atoms with Gasteiger partial charge in [0.1, 0.15) is 0 Å². The van der Waals surface area contributed by atoms with Crippen molar-refractivity contribution in [3.05, 3.63) is 12.2 Å². The SMILES string of the molecule is COC(=O)C[C@@H]1CC=CC(=O)N1. The van der Waals surface area contributed by atoms with Gasteiger partial charge in [-0.3, -0.25) is 9.59 Å². The van der Waals surface area contributed by atoms with Gasteiger partial charge in [0.25, 0.3) is 0 Å². The summed E-state index contributed by atoms with van der Waals surface area (Å²) in [6, 6.07) is -0.102. The molecule has 0 saturated heterocycles. The molecule has 1 N–H and O–H groups in total. The topological polar surface area (TPSA) is 55.4 Å². The van der Waals surface area contributed by atoms with Gasteiger partial charge >= 0.3 is 5.97 Å². The molecule has 1 amide bonds. The number of hydrogen-bond donors (Lipinski definition) is 1. The predicted molar refractivity (Wildman–Crippen MR) is 42.3 cm³/mol. The Hall–Kier alpha value is -1.32. The van der Waals surface area contributed by atoms with Gasteiger partial charge in [0.15, 0.2) is 0 Å². The van der Waals surface area contributed by atoms with Crippen molar-refractivity contribution in [2.24, 2.45) is 0 Å². The van der Waals surface area contributed by atoms with E-state index in [0.29, 0.717) is 6.42 Å². The van der Waals surface area contributed by atoms with E-state index in [1.165, 1.54) is 13.2 Å². The number of rotatable bonds is 2. The second kappa shape index (κ2) is 3.90. The molecule has 0 aromatic heterocycles. The van der Waals surface area contributed by atoms with Crippen LogP contribution >= 0.6 is 0 Å². The van der Waals surface area contributed by atoms with E-state index in [2.05, 4.69) is 10.1 Å². The molecule has 4 nitrogen and oxygen atoms in total. The maximum absolute atomic E-state index is 10.8. The van der Waals surface area contributed by atoms with Crippen molar-refractivity contribution >= 4 is 11.9 Å². The number of ether oxygens (including phenoxy) is 1. The van der Waals surface area contributed by atoms with E-state index in [-0.39, 0.29) is 24.3 Å². The first kappa shape index (κ1) is 8.77. The van der Waals surface area contributed by atoms with E-state index >= 15 is 0 Å². The van der Waals surface area contributed by atoms with Crippen LogP contribution in [0.5, 0.6) is 0 Å². The van der Waals surface area contributed by atoms with E-state index in [0.717, 1.165) is 0 Å². The molecule has 0 aromatic rings. The van der Waals surface area contributed by atoms with Crippen LogP contribution in [0.15, 0.2) is 12.2 Å². The van der Waals surface area contributed by atoms with Gasteiger partial charge in [-0.2, -0.15) is 0 Å². The molecular formula is C8H11NO3. The molecule has 0 bridgehead atoms. The summed E-state index contributed by atoms with van der Waals surface area (Å²) in [4.78, 5) is 21.6. The Labute approximate surface area is 70.6 Å². The maximum Gasteiger partial charge on any atom is 0.307 e. The lowest BCUT2D eigenvalue weighted by atomic mass is 10.1. The highest BCUT2D eigenvalue weighted by molar-refractivity contribution is 5.89. The minimum Gasteiger partial charge on any atom is -0.469 e. The molecule has 4 heteroatoms. The zero-order chi connectivity index (χ0) is 8.97. The number of methoxy groups -OCH3 is 1. The van der Waals surface area contributed by atoms with Crippen molar-refractivity contribution in [2.75, 3.05) is 7.11 Å². The smallest absolute Gasteiger partial charge is 0.307 e. The molecule has 12 heavy (non-hydrogen) atoms. The molecule has 0 radical (unpaired) electrons. The first-order valence-corrected chi connectivity index (χ1v) is 3.76. The highest BCUT2D eigenvalue weighted by Gasteiger charge is 2.17. The fourth-order valence-corrected chi connectivity index (χ4v) is 1.07. The maximum atomic E-state index is 10.8. The van der Waals surface area contributed by atoms with Crippen LogP contribution in [-0.2, 0) is 14.3 Å². The fraction of sp³-hybridized carbons (Fsp3) is 0.500. The van der Waals surface area contributed by atoms with Crippen LogP contribution in [0.4, 0.5) is 0 Å². The van der Waals surface area contributed by atoms with Crippen molar-refractivity contribution in [1.82, 2.24) is 5.32 Å². The van der Waals surface area contributed by atoms with Crippen LogP contribution in [0.2, 0.25) is 0 Å². The summed E-state index contributed by atoms with van der Waals surface area (Å²) in [7, 11) is 1.34. The molecule has 0 aromatic carbocycles. The van der Waals surface area contributed by atoms with Crippen LogP contribution < -0.4 is 5.32 Å². The van der Waals surface area contributed by atoms with Crippen LogP contribution in [-0.4, -0.2) is 25.0 Å². The summed E-state index contributed by atoms with van der Waals surface area (Å²) < 4.78 is 4.47. The lowest BCUT2D eigenvalue weighted by molar-refractivity contribution is -0.141. The van der Waals surface area contributed by atoms with Crippen molar-refractivity contribution in [3.8, 4) is 0 Å². The Kier molecular flexibility index (Phi) is 2.85. The number of carbonyl (C=O) groups excluding carboxylic acids is 2. The van der Waals surface area contributed by atoms with Gasteiger partial charge in [0.2, 0.25) is 5.91 Å². The molecule has 0 unspecified atom stereocenters. The van der Waals surface area contributed by atoms with E-state index in [1.807, 2.05) is 0 Å². The molecule has 0 spiro atoms. The Balaban J connectivity index is 2.39. The molecule has 0 aliphatic carbocycles. The van der Waals surface area contributed by atoms with Crippen LogP contribution in [0.25, 0.3) is 0 Å². The molecule has 1 heterocycles. The quantitative estimate of drug-likeness (QED) is 0.592. The molecule has 1 atom stereocenters. The number of nitrogens with one attached hydrogen (secondary N) is 1. The summed E-state index contributed by atoms with van der Waals surface area (Å²) in [5.41, 5.74) is 0. The first-order valence-electron chi connectivity index (χ1n) is 3.76. The molecular weight excluding hydrogens is 158 g/mol. The van der Waals surface area contributed by atoms with Crippen LogP contribution in [0.1, 0.15) is 12.8 Å². The molecule has 0 fully saturated rings. The van der Waals surface area contributed by atoms with Gasteiger partial charge in [-0.05, 0) is 12.5 Å². The molecule has 1 aliphatic heterocycles. The summed E-state index contributed by atoms with van der Waals surface area (Å²) in [5, 5.41) is 2.66. The molecule has 1 aliphatic rings. The van der Waals surface area contributed by atoms with Crippen molar-refractivity contribution in [3.63, 3.8) is 0 Å². The average molecular weight is 169 g/mol. The van der Waals surface area contributed by atoms with E-state index in [1.54, 1.807) is 6.08 Å². The lowest BCUT2D eigenvalue weighted by Crippen LogP contribution is -2.37. The zero-order valence-electron chi connectivity index (χ0n) is 6.87. The number of esters is 1. The minimum absolute atomic E-state index is 0.102. The van der Waals surface area contributed by atoms with Gasteiger partial charge in [0.05, 0.1) is 13.5 Å². The predicted octanol–water partition coefficient (Wildman–Crippen LogP) is -0.00580. The Morgan fingerprint density at radius 2 is 2.58 bits per heavy atom. The summed E-state index contributed by atoms with van der Waals surface area (Å²) in [5.74, 6) is -0.439. The number of hydrogen-bond acceptors (Lipinski definition) is 3. The standard InChI is InChI=1S/C8H11NO3/c1-12-8(11)5-6-3-2-4-7(10)9-6/h2,4,6H,3,5H2,1H3,(H,9,10)/t6-/m0/s1. The Morgan fingerprint density at radius 1 is 1.83 bits per heavy atom. The summed E-state index contributed by atoms with van der Waals surface area (Å²) in [6.45, 7) is 0. The second-order valence-corrected chi connectivity index (χ2v) is 2.62. The molecule has 0 saturated carbocycles. The van der Waals surface area contributed by atoms with E-state index in [4.69, 9.17) is 0 Å². The fourth-order valence-electron chi connectivity index (χ4n) is 1.07. The average Bonchev–Trinajstić information content (AvgIpc) is 2.04. The van der Waals surface area contributed by atoms with Crippen molar-refractivity contribution < 1.29 is 14.3 Å². The monoisotopic (exact) mass is 169 g/mol. The van der Waals surface area contributed by atoms with Gasteiger partial charge in [-0.25, -0.2) is 0 Å². The van der Waals surface area contributed by atoms with Crippen LogP contribution in [0, 0.1) is 0 Å². The zero-order valence-corrected chi connectivity index (χ0v) is 6.87. The Bertz CT molecular complexity index is 222. The highest BCUT2D eigenvalue weighted by atomic mass is 16.5. The normalized spacial score (nSPS) is 21.8. The largest absolute Gasteiger partial charge is 0.469 e. The third-order valence-electron chi connectivity index (χ3n) is 1.68. The first-order chi connectivity index (χ1) is 5.72. The van der Waals surface area contributed by atoms with Gasteiger partial charge in [-0.15, -0.1) is 0 Å². The number of carbonyl (C=O) groups is 2. The van der Waals surface area contributed by atoms with Gasteiger partial charge < -0.3 is 10.1 Å². The third-order valence-corrected chi connectivity index (χ3v) is 1.68. The van der Waals surface area contributed by atoms with E-state index in [9.17, 15) is 9.59 Å². The van der Waals surface area contributed by atoms with Gasteiger partial charge in [0, 0.05) is 6.04 Å². The van der Waals surface area contributed by atoms with E-state index < -0.39 is 0 Å². The summed E-state index contributed by atoms with van der Waals surface area (Å²) in [6.07, 6.45) is 4.16. The lowest BCUT2D eigenvalue weighted by Gasteiger charge is -2.17. The molecule has 66 valence electrons. The molecule has 1 rings (SSSR count). The number of amides is 1. The Morgan fingerprint density at radius 3 is 3.17 bits per heavy atom. The minimum atomic E-state index is -0.296. The third kappa shape index (κ3) is 2.38. The van der Waals surface area contributed by atoms with Crippen LogP contribution in [0.3, 0.4) is 0 Å². The van der Waals surface area contributed by atoms with Crippen molar-refractivity contribution in [2.45, 2.75) is 18.9 Å². The summed E-state index contributed by atoms with van der Waals surface area (Å²) >= 11 is 0. The highest BCUT2D eigenvalue weighted by Crippen LogP contribution is 2.05.